The lowest BCUT2D eigenvalue weighted by Crippen LogP contribution is -2.38. The molecule has 1 aromatic heterocycles. The van der Waals surface area contributed by atoms with Gasteiger partial charge in [0.1, 0.15) is 46.4 Å². The summed E-state index contributed by atoms with van der Waals surface area (Å²) >= 11 is 5.84. The van der Waals surface area contributed by atoms with Crippen molar-refractivity contribution >= 4 is 52.7 Å². The minimum atomic E-state index is -5.28. The first-order valence-corrected chi connectivity index (χ1v) is 11.9. The summed E-state index contributed by atoms with van der Waals surface area (Å²) in [6.45, 7) is 0. The summed E-state index contributed by atoms with van der Waals surface area (Å²) in [6, 6.07) is 4.12. The van der Waals surface area contributed by atoms with Gasteiger partial charge in [0.2, 0.25) is 5.82 Å². The number of amides is 1. The lowest BCUT2D eigenvalue weighted by atomic mass is 9.52. The topological polar surface area (TPSA) is 96.0 Å². The molecular formula is C23H17B3ClF7N2O6. The number of hydrogen-bond donors (Lipinski definition) is 1. The average Bonchev–Trinajstić information content (AvgIpc) is 2.85. The highest BCUT2D eigenvalue weighted by atomic mass is 35.5. The van der Waals surface area contributed by atoms with Gasteiger partial charge in [0.05, 0.1) is 17.7 Å². The smallest absolute Gasteiger partial charge is 0.508 e. The highest BCUT2D eigenvalue weighted by Crippen LogP contribution is 2.44. The molecule has 0 radical (unpaired) electrons. The minimum absolute atomic E-state index is 0.147. The van der Waals surface area contributed by atoms with Gasteiger partial charge in [-0.15, -0.1) is 13.2 Å². The van der Waals surface area contributed by atoms with Gasteiger partial charge in [-0.05, 0) is 24.3 Å². The van der Waals surface area contributed by atoms with Crippen LogP contribution in [0, 0.1) is 11.6 Å². The normalized spacial score (nSPS) is 11.7. The molecule has 0 fully saturated rings. The van der Waals surface area contributed by atoms with Gasteiger partial charge in [-0.2, -0.15) is 4.39 Å². The Labute approximate surface area is 240 Å². The first-order valence-electron chi connectivity index (χ1n) is 11.5. The molecule has 3 rings (SSSR count). The van der Waals surface area contributed by atoms with Gasteiger partial charge in [0, 0.05) is 23.2 Å². The number of benzene rings is 2. The van der Waals surface area contributed by atoms with Crippen LogP contribution in [0.3, 0.4) is 0 Å². The Morgan fingerprint density at radius 1 is 0.976 bits per heavy atom. The van der Waals surface area contributed by atoms with E-state index < -0.39 is 80.7 Å². The highest BCUT2D eigenvalue weighted by molar-refractivity contribution is 6.58. The number of ether oxygens (including phenoxy) is 4. The molecule has 8 nitrogen and oxygen atoms in total. The van der Waals surface area contributed by atoms with Gasteiger partial charge in [0.25, 0.3) is 12.3 Å². The van der Waals surface area contributed by atoms with E-state index in [9.17, 15) is 31.5 Å². The van der Waals surface area contributed by atoms with Gasteiger partial charge in [-0.3, -0.25) is 4.79 Å². The number of alkyl halides is 5. The molecule has 19 heteroatoms. The van der Waals surface area contributed by atoms with Crippen molar-refractivity contribution in [2.45, 2.75) is 18.1 Å². The van der Waals surface area contributed by atoms with E-state index >= 15 is 8.78 Å². The monoisotopic (exact) mass is 618 g/mol. The van der Waals surface area contributed by atoms with E-state index in [2.05, 4.69) is 19.8 Å². The van der Waals surface area contributed by atoms with Gasteiger partial charge in [0.15, 0.2) is 17.2 Å². The number of anilines is 1. The summed E-state index contributed by atoms with van der Waals surface area (Å²) in [5, 5.41) is 0.0580. The zero-order valence-electron chi connectivity index (χ0n) is 22.0. The molecule has 0 saturated heterocycles. The van der Waals surface area contributed by atoms with Crippen molar-refractivity contribution in [2.24, 2.45) is 0 Å². The Morgan fingerprint density at radius 3 is 2.19 bits per heavy atom. The molecule has 0 atom stereocenters. The molecule has 0 aliphatic rings. The summed E-state index contributed by atoms with van der Waals surface area (Å²) in [5.41, 5.74) is -2.93. The van der Waals surface area contributed by atoms with Gasteiger partial charge < -0.3 is 24.3 Å². The molecule has 0 saturated carbocycles. The first-order chi connectivity index (χ1) is 19.4. The van der Waals surface area contributed by atoms with E-state index in [1.165, 1.54) is 29.6 Å². The van der Waals surface area contributed by atoms with Crippen LogP contribution in [0.5, 0.6) is 23.0 Å². The SMILES string of the molecule is BC(B)(B)Oc1c(Oc2cc(Cl)c(C(F)F)c(F)c2C(=O)Nc2ccnc(C(=O)OC)c2)ccc(OC(F)(F)F)c1F. The van der Waals surface area contributed by atoms with Crippen LogP contribution in [0.2, 0.25) is 5.02 Å². The van der Waals surface area contributed by atoms with Crippen LogP contribution >= 0.6 is 11.6 Å². The number of aromatic nitrogens is 1. The third-order valence-corrected chi connectivity index (χ3v) is 5.27. The van der Waals surface area contributed by atoms with E-state index in [0.717, 1.165) is 25.4 Å². The zero-order chi connectivity index (χ0) is 31.6. The number of hydrogen-bond acceptors (Lipinski definition) is 7. The molecule has 1 N–H and O–H groups in total. The summed E-state index contributed by atoms with van der Waals surface area (Å²) < 4.78 is 115. The number of esters is 1. The molecule has 1 heterocycles. The number of methoxy groups -OCH3 is 1. The molecule has 2 aromatic carbocycles. The van der Waals surface area contributed by atoms with Crippen molar-refractivity contribution in [2.75, 3.05) is 12.4 Å². The minimum Gasteiger partial charge on any atom is -0.508 e. The number of rotatable bonds is 9. The quantitative estimate of drug-likeness (QED) is 0.223. The highest BCUT2D eigenvalue weighted by Gasteiger charge is 2.35. The van der Waals surface area contributed by atoms with E-state index in [0.29, 0.717) is 12.1 Å². The molecule has 0 unspecified atom stereocenters. The van der Waals surface area contributed by atoms with Crippen molar-refractivity contribution in [1.82, 2.24) is 4.98 Å². The third kappa shape index (κ3) is 7.81. The largest absolute Gasteiger partial charge is 0.573 e. The molecule has 3 aromatic rings. The molecule has 42 heavy (non-hydrogen) atoms. The van der Waals surface area contributed by atoms with Crippen molar-refractivity contribution < 1.29 is 59.3 Å². The molecule has 0 aliphatic carbocycles. The van der Waals surface area contributed by atoms with Gasteiger partial charge in [-0.1, -0.05) is 11.6 Å². The van der Waals surface area contributed by atoms with E-state index in [4.69, 9.17) is 21.1 Å². The van der Waals surface area contributed by atoms with Crippen molar-refractivity contribution in [3.8, 4) is 23.0 Å². The maximum Gasteiger partial charge on any atom is 0.573 e. The molecule has 0 bridgehead atoms. The Morgan fingerprint density at radius 2 is 1.62 bits per heavy atom. The molecule has 220 valence electrons. The van der Waals surface area contributed by atoms with Crippen molar-refractivity contribution in [1.29, 1.82) is 0 Å². The van der Waals surface area contributed by atoms with Crippen LogP contribution in [-0.2, 0) is 4.74 Å². The Hall–Kier alpha value is -4.08. The number of carbonyl (C=O) groups excluding carboxylic acids is 2. The van der Waals surface area contributed by atoms with Crippen molar-refractivity contribution in [3.05, 3.63) is 70.0 Å². The van der Waals surface area contributed by atoms with E-state index in [1.807, 2.05) is 0 Å². The molecule has 1 amide bonds. The summed E-state index contributed by atoms with van der Waals surface area (Å²) in [4.78, 5) is 28.7. The third-order valence-electron chi connectivity index (χ3n) is 4.95. The fourth-order valence-electron chi connectivity index (χ4n) is 3.35. The summed E-state index contributed by atoms with van der Waals surface area (Å²) in [6.07, 6.45) is -7.69. The van der Waals surface area contributed by atoms with E-state index in [-0.39, 0.29) is 11.4 Å². The number of nitrogens with one attached hydrogen (secondary N) is 1. The van der Waals surface area contributed by atoms with Gasteiger partial charge in [-0.25, -0.2) is 22.9 Å². The lowest BCUT2D eigenvalue weighted by molar-refractivity contribution is -0.275. The van der Waals surface area contributed by atoms with Crippen LogP contribution in [0.4, 0.5) is 36.4 Å². The second-order valence-corrected chi connectivity index (χ2v) is 9.61. The predicted molar refractivity (Wildman–Crippen MR) is 142 cm³/mol. The summed E-state index contributed by atoms with van der Waals surface area (Å²) in [5.74, 6) is -9.55. The lowest BCUT2D eigenvalue weighted by Gasteiger charge is -2.25. The Balaban J connectivity index is 2.16. The zero-order valence-corrected chi connectivity index (χ0v) is 22.7. The number of halogens is 8. The predicted octanol–water partition coefficient (Wildman–Crippen LogP) is 3.57. The molecule has 0 spiro atoms. The Bertz CT molecular complexity index is 1520. The van der Waals surface area contributed by atoms with Crippen LogP contribution < -0.4 is 19.5 Å². The fourth-order valence-corrected chi connectivity index (χ4v) is 3.61. The first kappa shape index (κ1) is 32.4. The number of pyridine rings is 1. The molecule has 0 aliphatic heterocycles. The van der Waals surface area contributed by atoms with Crippen LogP contribution in [-0.4, -0.2) is 59.2 Å². The van der Waals surface area contributed by atoms with Crippen LogP contribution in [0.15, 0.2) is 36.5 Å². The molecular weight excluding hydrogens is 601 g/mol. The fraction of sp³-hybridized carbons (Fsp3) is 0.174. The maximum absolute atomic E-state index is 15.4. The second-order valence-electron chi connectivity index (χ2n) is 9.20. The van der Waals surface area contributed by atoms with Crippen LogP contribution in [0.25, 0.3) is 0 Å². The Kier molecular flexibility index (Phi) is 9.60. The van der Waals surface area contributed by atoms with Crippen LogP contribution in [0.1, 0.15) is 32.8 Å². The number of nitrogens with zero attached hydrogens (tertiary/aromatic N) is 1. The van der Waals surface area contributed by atoms with Crippen molar-refractivity contribution in [3.63, 3.8) is 0 Å². The van der Waals surface area contributed by atoms with E-state index in [1.54, 1.807) is 0 Å². The second kappa shape index (κ2) is 12.4. The maximum atomic E-state index is 15.4. The summed E-state index contributed by atoms with van der Waals surface area (Å²) in [7, 11) is 5.31. The van der Waals surface area contributed by atoms with Gasteiger partial charge >= 0.3 is 12.3 Å². The standard InChI is InChI=1S/C23H17B3ClF7N2O6/c1-39-21(38)10-6-8(4-5-35-10)36-20(37)15-13(7-9(27)14(17(15)29)19(30)31)40-12-3-2-11(41-23(32,33)34)16(28)18(12)42-22(24,25)26/h2-7,19H,24-26H2,1H3,(H,35,36,37). The number of carbonyl (C=O) groups is 2. The average molecular weight is 618 g/mol.